The van der Waals surface area contributed by atoms with Crippen LogP contribution in [0.2, 0.25) is 0 Å². The number of unbranched alkanes of at least 4 members (excludes halogenated alkanes) is 15. The zero-order chi connectivity index (χ0) is 13.3. The molecular formula is C18H38ClCr-. The van der Waals surface area contributed by atoms with Crippen molar-refractivity contribution in [1.29, 1.82) is 0 Å². The topological polar surface area (TPSA) is 0 Å². The second-order valence-electron chi connectivity index (χ2n) is 5.80. The first-order chi connectivity index (χ1) is 8.91. The van der Waals surface area contributed by atoms with E-state index in [1.54, 1.807) is 0 Å². The molecule has 0 rings (SSSR count). The first-order valence-corrected chi connectivity index (χ1v) is 8.71. The average Bonchev–Trinajstić information content (AvgIpc) is 2.39. The van der Waals surface area contributed by atoms with Crippen LogP contribution in [-0.4, -0.2) is 0 Å². The molecule has 0 spiro atoms. The molecule has 0 amide bonds. The van der Waals surface area contributed by atoms with E-state index in [1.807, 2.05) is 0 Å². The van der Waals surface area contributed by atoms with Crippen LogP contribution in [-0.2, 0) is 17.4 Å². The van der Waals surface area contributed by atoms with Gasteiger partial charge in [0.2, 0.25) is 0 Å². The van der Waals surface area contributed by atoms with Crippen molar-refractivity contribution >= 4 is 12.4 Å². The third-order valence-corrected chi connectivity index (χ3v) is 3.85. The first-order valence-electron chi connectivity index (χ1n) is 8.71. The zero-order valence-electron chi connectivity index (χ0n) is 13.8. The second-order valence-corrected chi connectivity index (χ2v) is 5.80. The van der Waals surface area contributed by atoms with Gasteiger partial charge in [-0.2, -0.15) is 6.42 Å². The molecule has 0 fully saturated rings. The summed E-state index contributed by atoms with van der Waals surface area (Å²) < 4.78 is 0. The van der Waals surface area contributed by atoms with E-state index < -0.39 is 0 Å². The van der Waals surface area contributed by atoms with E-state index in [0.29, 0.717) is 0 Å². The standard InChI is InChI=1S/C18H37.ClH.Cr/c1-3-5-7-9-11-13-15-17-18-16-14-12-10-8-6-4-2;;/h1,3-18H2,2H3;1H;/q-1;;. The summed E-state index contributed by atoms with van der Waals surface area (Å²) in [6.45, 7) is 6.18. The molecule has 0 radical (unpaired) electrons. The molecule has 124 valence electrons. The summed E-state index contributed by atoms with van der Waals surface area (Å²) in [5.41, 5.74) is 0. The maximum Gasteiger partial charge on any atom is 0 e. The Morgan fingerprint density at radius 2 is 0.750 bits per heavy atom. The van der Waals surface area contributed by atoms with E-state index in [4.69, 9.17) is 0 Å². The molecule has 0 saturated heterocycles. The summed E-state index contributed by atoms with van der Waals surface area (Å²) in [7, 11) is 0. The number of halogens is 1. The van der Waals surface area contributed by atoms with Gasteiger partial charge in [0.15, 0.2) is 0 Å². The maximum atomic E-state index is 3.88. The Morgan fingerprint density at radius 3 is 1.00 bits per heavy atom. The molecule has 0 aliphatic rings. The summed E-state index contributed by atoms with van der Waals surface area (Å²) >= 11 is 0. The van der Waals surface area contributed by atoms with Gasteiger partial charge in [-0.25, -0.2) is 0 Å². The molecule has 0 aromatic heterocycles. The van der Waals surface area contributed by atoms with Gasteiger partial charge in [0.1, 0.15) is 0 Å². The third kappa shape index (κ3) is 23.9. The van der Waals surface area contributed by atoms with E-state index in [2.05, 4.69) is 13.8 Å². The second kappa shape index (κ2) is 24.8. The maximum absolute atomic E-state index is 3.88. The SMILES string of the molecule is Cl.[CH2-]CCCCCCCCCCCCCCCCC.[Cr]. The largest absolute Gasteiger partial charge is 0.343 e. The predicted octanol–water partition coefficient (Wildman–Crippen LogP) is 7.50. The van der Waals surface area contributed by atoms with Gasteiger partial charge in [0.25, 0.3) is 0 Å². The van der Waals surface area contributed by atoms with Crippen molar-refractivity contribution in [3.05, 3.63) is 6.92 Å². The molecule has 0 unspecified atom stereocenters. The average molecular weight is 342 g/mol. The van der Waals surface area contributed by atoms with Crippen LogP contribution in [0.3, 0.4) is 0 Å². The summed E-state index contributed by atoms with van der Waals surface area (Å²) in [5, 5.41) is 0. The molecule has 0 aliphatic heterocycles. The van der Waals surface area contributed by atoms with Gasteiger partial charge in [-0.3, -0.25) is 0 Å². The molecule has 0 aromatic carbocycles. The van der Waals surface area contributed by atoms with Crippen molar-refractivity contribution in [3.63, 3.8) is 0 Å². The normalized spacial score (nSPS) is 9.90. The van der Waals surface area contributed by atoms with Crippen LogP contribution in [0.15, 0.2) is 0 Å². The fourth-order valence-electron chi connectivity index (χ4n) is 2.55. The first kappa shape index (κ1) is 25.8. The predicted molar refractivity (Wildman–Crippen MR) is 92.2 cm³/mol. The smallest absolute Gasteiger partial charge is 0 e. The van der Waals surface area contributed by atoms with Crippen LogP contribution >= 0.6 is 12.4 Å². The Hall–Kier alpha value is 0.822. The van der Waals surface area contributed by atoms with Gasteiger partial charge in [-0.1, -0.05) is 103 Å². The molecule has 0 atom stereocenters. The van der Waals surface area contributed by atoms with Crippen molar-refractivity contribution in [2.45, 2.75) is 110 Å². The molecular weight excluding hydrogens is 304 g/mol. The Bertz CT molecular complexity index is 123. The monoisotopic (exact) mass is 341 g/mol. The van der Waals surface area contributed by atoms with Crippen LogP contribution in [0.4, 0.5) is 0 Å². The fourth-order valence-corrected chi connectivity index (χ4v) is 2.55. The molecule has 2 heteroatoms. The summed E-state index contributed by atoms with van der Waals surface area (Å²) in [4.78, 5) is 0. The number of hydrogen-bond acceptors (Lipinski definition) is 0. The Morgan fingerprint density at radius 1 is 0.500 bits per heavy atom. The Kier molecular flexibility index (Phi) is 32.0. The van der Waals surface area contributed by atoms with Gasteiger partial charge in [0.05, 0.1) is 0 Å². The van der Waals surface area contributed by atoms with E-state index in [-0.39, 0.29) is 29.8 Å². The van der Waals surface area contributed by atoms with Gasteiger partial charge in [-0.05, 0) is 0 Å². The molecule has 0 aliphatic carbocycles. The van der Waals surface area contributed by atoms with Crippen LogP contribution in [0.1, 0.15) is 110 Å². The minimum atomic E-state index is 0. The molecule has 0 heterocycles. The third-order valence-electron chi connectivity index (χ3n) is 3.85. The van der Waals surface area contributed by atoms with Crippen LogP contribution in [0.5, 0.6) is 0 Å². The quantitative estimate of drug-likeness (QED) is 0.213. The molecule has 0 N–H and O–H groups in total. The van der Waals surface area contributed by atoms with Crippen LogP contribution < -0.4 is 0 Å². The fraction of sp³-hybridized carbons (Fsp3) is 0.944. The molecule has 20 heavy (non-hydrogen) atoms. The molecule has 0 nitrogen and oxygen atoms in total. The summed E-state index contributed by atoms with van der Waals surface area (Å²) in [5.74, 6) is 0. The zero-order valence-corrected chi connectivity index (χ0v) is 15.9. The van der Waals surface area contributed by atoms with E-state index in [9.17, 15) is 0 Å². The van der Waals surface area contributed by atoms with E-state index >= 15 is 0 Å². The minimum Gasteiger partial charge on any atom is -0.343 e. The van der Waals surface area contributed by atoms with Crippen LogP contribution in [0.25, 0.3) is 0 Å². The van der Waals surface area contributed by atoms with Gasteiger partial charge in [0, 0.05) is 17.4 Å². The van der Waals surface area contributed by atoms with Gasteiger partial charge in [-0.15, -0.1) is 12.4 Å². The minimum absolute atomic E-state index is 0. The summed E-state index contributed by atoms with van der Waals surface area (Å²) in [6.07, 6.45) is 22.8. The Labute approximate surface area is 146 Å². The van der Waals surface area contributed by atoms with Crippen molar-refractivity contribution in [3.8, 4) is 0 Å². The van der Waals surface area contributed by atoms with Crippen molar-refractivity contribution in [2.75, 3.05) is 0 Å². The van der Waals surface area contributed by atoms with Crippen molar-refractivity contribution in [2.24, 2.45) is 0 Å². The molecule has 0 aromatic rings. The summed E-state index contributed by atoms with van der Waals surface area (Å²) in [6, 6.07) is 0. The van der Waals surface area contributed by atoms with Crippen molar-refractivity contribution < 1.29 is 17.4 Å². The van der Waals surface area contributed by atoms with Crippen LogP contribution in [0, 0.1) is 6.92 Å². The van der Waals surface area contributed by atoms with Crippen molar-refractivity contribution in [1.82, 2.24) is 0 Å². The number of hydrogen-bond donors (Lipinski definition) is 0. The van der Waals surface area contributed by atoms with Gasteiger partial charge >= 0.3 is 0 Å². The molecule has 0 bridgehead atoms. The van der Waals surface area contributed by atoms with E-state index in [0.717, 1.165) is 6.42 Å². The van der Waals surface area contributed by atoms with Gasteiger partial charge < -0.3 is 6.92 Å². The van der Waals surface area contributed by atoms with E-state index in [1.165, 1.54) is 96.3 Å². The Balaban J connectivity index is -0.00000144. The molecule has 0 saturated carbocycles. The number of rotatable bonds is 15.